The highest BCUT2D eigenvalue weighted by Gasteiger charge is 2.34. The molecule has 0 fully saturated rings. The number of sulfonamides is 1. The van der Waals surface area contributed by atoms with Crippen LogP contribution in [0.1, 0.15) is 43.4 Å². The molecule has 1 N–H and O–H groups in total. The number of hydrogen-bond acceptors (Lipinski definition) is 4. The Balaban J connectivity index is 2.11. The van der Waals surface area contributed by atoms with Gasteiger partial charge in [0.25, 0.3) is 10.0 Å². The maximum atomic E-state index is 14.1. The average molecular weight is 605 g/mol. The lowest BCUT2D eigenvalue weighted by Crippen LogP contribution is -2.52. The molecule has 0 aliphatic rings. The van der Waals surface area contributed by atoms with E-state index in [1.807, 2.05) is 20.8 Å². The van der Waals surface area contributed by atoms with Crippen LogP contribution in [-0.4, -0.2) is 44.3 Å². The van der Waals surface area contributed by atoms with E-state index in [1.165, 1.54) is 23.1 Å². The molecule has 2 amide bonds. The van der Waals surface area contributed by atoms with Gasteiger partial charge in [-0.25, -0.2) is 8.42 Å². The molecule has 40 heavy (non-hydrogen) atoms. The summed E-state index contributed by atoms with van der Waals surface area (Å²) in [5.74, 6) is -0.856. The van der Waals surface area contributed by atoms with Crippen LogP contribution in [0.25, 0.3) is 0 Å². The molecule has 1 unspecified atom stereocenters. The minimum atomic E-state index is -4.19. The molecule has 3 aromatic carbocycles. The summed E-state index contributed by atoms with van der Waals surface area (Å²) in [6.07, 6.45) is 1.06. The first-order valence-electron chi connectivity index (χ1n) is 13.2. The molecule has 0 spiro atoms. The fraction of sp³-hybridized carbons (Fsp3) is 0.333. The smallest absolute Gasteiger partial charge is 0.264 e. The third-order valence-corrected chi connectivity index (χ3v) is 8.94. The highest BCUT2D eigenvalue weighted by molar-refractivity contribution is 7.92. The van der Waals surface area contributed by atoms with E-state index in [0.29, 0.717) is 34.1 Å². The monoisotopic (exact) mass is 603 g/mol. The van der Waals surface area contributed by atoms with Crippen LogP contribution < -0.4 is 9.62 Å². The standard InChI is InChI=1S/C30H35Cl2N3O4S/c1-5-17-33-30(37)27(6-2)34(19-23-9-7-8-10-26(23)32)29(36)20-35(28-18-24(31)14-13-22(28)4)40(38,39)25-15-11-21(3)12-16-25/h7-16,18,27H,5-6,17,19-20H2,1-4H3,(H,33,37). The largest absolute Gasteiger partial charge is 0.354 e. The third-order valence-electron chi connectivity index (χ3n) is 6.56. The summed E-state index contributed by atoms with van der Waals surface area (Å²) < 4.78 is 29.1. The molecule has 7 nitrogen and oxygen atoms in total. The van der Waals surface area contributed by atoms with Crippen molar-refractivity contribution in [3.63, 3.8) is 0 Å². The fourth-order valence-electron chi connectivity index (χ4n) is 4.30. The van der Waals surface area contributed by atoms with Crippen molar-refractivity contribution in [2.24, 2.45) is 0 Å². The van der Waals surface area contributed by atoms with Crippen LogP contribution in [0, 0.1) is 13.8 Å². The Kier molecular flexibility index (Phi) is 11.0. The predicted molar refractivity (Wildman–Crippen MR) is 161 cm³/mol. The summed E-state index contributed by atoms with van der Waals surface area (Å²) in [4.78, 5) is 28.7. The number of hydrogen-bond donors (Lipinski definition) is 1. The third kappa shape index (κ3) is 7.56. The van der Waals surface area contributed by atoms with Crippen molar-refractivity contribution in [1.82, 2.24) is 10.2 Å². The van der Waals surface area contributed by atoms with Crippen LogP contribution in [0.2, 0.25) is 10.0 Å². The highest BCUT2D eigenvalue weighted by Crippen LogP contribution is 2.30. The molecular formula is C30H35Cl2N3O4S. The minimum absolute atomic E-state index is 0.0313. The van der Waals surface area contributed by atoms with Crippen LogP contribution in [-0.2, 0) is 26.2 Å². The summed E-state index contributed by atoms with van der Waals surface area (Å²) in [5, 5.41) is 3.64. The van der Waals surface area contributed by atoms with Gasteiger partial charge in [0.15, 0.2) is 0 Å². The van der Waals surface area contributed by atoms with Gasteiger partial charge in [0, 0.05) is 23.1 Å². The molecular weight excluding hydrogens is 569 g/mol. The van der Waals surface area contributed by atoms with Gasteiger partial charge in [0.1, 0.15) is 12.6 Å². The maximum absolute atomic E-state index is 14.1. The number of anilines is 1. The zero-order chi connectivity index (χ0) is 29.4. The van der Waals surface area contributed by atoms with E-state index in [1.54, 1.807) is 55.5 Å². The van der Waals surface area contributed by atoms with Crippen molar-refractivity contribution in [3.05, 3.63) is 93.5 Å². The number of carbonyl (C=O) groups is 2. The van der Waals surface area contributed by atoms with Gasteiger partial charge in [0.05, 0.1) is 10.6 Å². The Bertz CT molecular complexity index is 1450. The molecule has 0 saturated heterocycles. The minimum Gasteiger partial charge on any atom is -0.354 e. The zero-order valence-corrected chi connectivity index (χ0v) is 25.5. The predicted octanol–water partition coefficient (Wildman–Crippen LogP) is 6.14. The van der Waals surface area contributed by atoms with Crippen LogP contribution in [0.15, 0.2) is 71.6 Å². The lowest BCUT2D eigenvalue weighted by Gasteiger charge is -2.33. The quantitative estimate of drug-likeness (QED) is 0.269. The van der Waals surface area contributed by atoms with E-state index in [4.69, 9.17) is 23.2 Å². The Morgan fingerprint density at radius 1 is 0.950 bits per heavy atom. The lowest BCUT2D eigenvalue weighted by molar-refractivity contribution is -0.140. The van der Waals surface area contributed by atoms with E-state index in [2.05, 4.69) is 5.32 Å². The van der Waals surface area contributed by atoms with E-state index in [0.717, 1.165) is 16.3 Å². The second kappa shape index (κ2) is 14.0. The van der Waals surface area contributed by atoms with Gasteiger partial charge in [-0.2, -0.15) is 0 Å². The SMILES string of the molecule is CCCNC(=O)C(CC)N(Cc1ccccc1Cl)C(=O)CN(c1cc(Cl)ccc1C)S(=O)(=O)c1ccc(C)cc1. The van der Waals surface area contributed by atoms with Crippen molar-refractivity contribution in [1.29, 1.82) is 0 Å². The van der Waals surface area contributed by atoms with Crippen LogP contribution in [0.5, 0.6) is 0 Å². The van der Waals surface area contributed by atoms with Gasteiger partial charge in [-0.3, -0.25) is 13.9 Å². The molecule has 214 valence electrons. The molecule has 0 bridgehead atoms. The molecule has 10 heteroatoms. The van der Waals surface area contributed by atoms with Crippen LogP contribution >= 0.6 is 23.2 Å². The molecule has 0 aromatic heterocycles. The second-order valence-corrected chi connectivity index (χ2v) is 12.3. The van der Waals surface area contributed by atoms with E-state index in [-0.39, 0.29) is 23.0 Å². The van der Waals surface area contributed by atoms with E-state index >= 15 is 0 Å². The van der Waals surface area contributed by atoms with E-state index in [9.17, 15) is 18.0 Å². The molecule has 0 heterocycles. The Hall–Kier alpha value is -3.07. The second-order valence-electron chi connectivity index (χ2n) is 9.58. The number of aryl methyl sites for hydroxylation is 2. The van der Waals surface area contributed by atoms with E-state index < -0.39 is 28.5 Å². The first-order valence-corrected chi connectivity index (χ1v) is 15.3. The number of amides is 2. The average Bonchev–Trinajstić information content (AvgIpc) is 2.93. The van der Waals surface area contributed by atoms with Crippen molar-refractivity contribution in [3.8, 4) is 0 Å². The number of nitrogens with one attached hydrogen (secondary N) is 1. The summed E-state index contributed by atoms with van der Waals surface area (Å²) in [7, 11) is -4.19. The maximum Gasteiger partial charge on any atom is 0.264 e. The Labute approximate surface area is 247 Å². The van der Waals surface area contributed by atoms with Gasteiger partial charge in [-0.15, -0.1) is 0 Å². The molecule has 3 rings (SSSR count). The van der Waals surface area contributed by atoms with Gasteiger partial charge in [0.2, 0.25) is 11.8 Å². The van der Waals surface area contributed by atoms with Gasteiger partial charge < -0.3 is 10.2 Å². The molecule has 0 aliphatic heterocycles. The molecule has 1 atom stereocenters. The number of nitrogens with zero attached hydrogens (tertiary/aromatic N) is 2. The number of halogens is 2. The molecule has 0 radical (unpaired) electrons. The molecule has 0 saturated carbocycles. The fourth-order valence-corrected chi connectivity index (χ4v) is 6.13. The van der Waals surface area contributed by atoms with Crippen molar-refractivity contribution >= 4 is 50.7 Å². The normalized spacial score (nSPS) is 12.1. The van der Waals surface area contributed by atoms with Crippen molar-refractivity contribution < 1.29 is 18.0 Å². The van der Waals surface area contributed by atoms with Crippen LogP contribution in [0.4, 0.5) is 5.69 Å². The first kappa shape index (κ1) is 31.5. The Morgan fingerprint density at radius 3 is 2.25 bits per heavy atom. The highest BCUT2D eigenvalue weighted by atomic mass is 35.5. The van der Waals surface area contributed by atoms with Gasteiger partial charge in [-0.1, -0.05) is 79.0 Å². The topological polar surface area (TPSA) is 86.8 Å². The number of benzene rings is 3. The van der Waals surface area contributed by atoms with Crippen LogP contribution in [0.3, 0.4) is 0 Å². The number of rotatable bonds is 12. The molecule has 0 aliphatic carbocycles. The molecule has 3 aromatic rings. The number of carbonyl (C=O) groups excluding carboxylic acids is 2. The zero-order valence-electron chi connectivity index (χ0n) is 23.2. The summed E-state index contributed by atoms with van der Waals surface area (Å²) in [6.45, 7) is 7.31. The summed E-state index contributed by atoms with van der Waals surface area (Å²) >= 11 is 12.7. The van der Waals surface area contributed by atoms with Crippen molar-refractivity contribution in [2.45, 2.75) is 58.0 Å². The Morgan fingerprint density at radius 2 is 1.62 bits per heavy atom. The van der Waals surface area contributed by atoms with Gasteiger partial charge >= 0.3 is 0 Å². The summed E-state index contributed by atoms with van der Waals surface area (Å²) in [5.41, 5.74) is 2.45. The van der Waals surface area contributed by atoms with Gasteiger partial charge in [-0.05, 0) is 68.1 Å². The first-order chi connectivity index (χ1) is 19.0. The lowest BCUT2D eigenvalue weighted by atomic mass is 10.1. The van der Waals surface area contributed by atoms with Crippen molar-refractivity contribution in [2.75, 3.05) is 17.4 Å². The summed E-state index contributed by atoms with van der Waals surface area (Å²) in [6, 6.07) is 17.5.